The summed E-state index contributed by atoms with van der Waals surface area (Å²) in [7, 11) is 0. The summed E-state index contributed by atoms with van der Waals surface area (Å²) in [4.78, 5) is 23.6. The van der Waals surface area contributed by atoms with E-state index >= 15 is 0 Å². The van der Waals surface area contributed by atoms with Crippen LogP contribution in [-0.4, -0.2) is 19.9 Å². The molecule has 7 aromatic rings. The van der Waals surface area contributed by atoms with Gasteiger partial charge in [-0.3, -0.25) is 4.98 Å². The Labute approximate surface area is 306 Å². The number of aryl methyl sites for hydroxylation is 2. The van der Waals surface area contributed by atoms with E-state index in [1.165, 1.54) is 41.5 Å². The van der Waals surface area contributed by atoms with Gasteiger partial charge >= 0.3 is 0 Å². The highest BCUT2D eigenvalue weighted by molar-refractivity contribution is 5.93. The van der Waals surface area contributed by atoms with E-state index in [2.05, 4.69) is 104 Å². The molecule has 1 aliphatic rings. The van der Waals surface area contributed by atoms with Crippen molar-refractivity contribution in [3.05, 3.63) is 162 Å². The van der Waals surface area contributed by atoms with Gasteiger partial charge in [-0.1, -0.05) is 140 Å². The molecule has 5 nitrogen and oxygen atoms in total. The summed E-state index contributed by atoms with van der Waals surface area (Å²) < 4.78 is 0. The normalized spacial score (nSPS) is 13.1. The minimum Gasteiger partial charge on any atom is -0.255 e. The van der Waals surface area contributed by atoms with E-state index in [0.717, 1.165) is 63.3 Å². The van der Waals surface area contributed by atoms with Crippen molar-refractivity contribution >= 4 is 5.69 Å². The largest absolute Gasteiger partial charge is 0.255 e. The molecule has 1 aliphatic carbocycles. The molecule has 0 aliphatic heterocycles. The molecular weight excluding hydrogens is 635 g/mol. The van der Waals surface area contributed by atoms with Gasteiger partial charge in [-0.15, -0.1) is 0 Å². The van der Waals surface area contributed by atoms with E-state index in [-0.39, 0.29) is 0 Å². The number of nitrogens with zero attached hydrogens (tertiary/aromatic N) is 5. The second kappa shape index (κ2) is 14.5. The quantitative estimate of drug-likeness (QED) is 0.158. The molecule has 0 spiro atoms. The molecule has 0 amide bonds. The monoisotopic (exact) mass is 673 g/mol. The van der Waals surface area contributed by atoms with E-state index in [9.17, 15) is 0 Å². The van der Waals surface area contributed by atoms with Gasteiger partial charge in [-0.25, -0.2) is 19.8 Å². The molecule has 1 saturated carbocycles. The lowest BCUT2D eigenvalue weighted by Gasteiger charge is -2.21. The van der Waals surface area contributed by atoms with Gasteiger partial charge in [0.25, 0.3) is 0 Å². The highest BCUT2D eigenvalue weighted by Crippen LogP contribution is 2.41. The molecular formula is C47H39N5. The Bertz CT molecular complexity index is 2380. The van der Waals surface area contributed by atoms with Crippen LogP contribution in [0.15, 0.2) is 134 Å². The lowest BCUT2D eigenvalue weighted by Crippen LogP contribution is -2.11. The first kappa shape index (κ1) is 32.9. The third kappa shape index (κ3) is 6.89. The Kier molecular flexibility index (Phi) is 9.21. The average Bonchev–Trinajstić information content (AvgIpc) is 3.21. The van der Waals surface area contributed by atoms with Crippen LogP contribution >= 0.6 is 0 Å². The fourth-order valence-electron chi connectivity index (χ4n) is 7.47. The van der Waals surface area contributed by atoms with Crippen LogP contribution < -0.4 is 0 Å². The summed E-state index contributed by atoms with van der Waals surface area (Å²) in [5.74, 6) is 2.61. The molecule has 0 unspecified atom stereocenters. The Morgan fingerprint density at radius 1 is 0.519 bits per heavy atom. The molecule has 0 N–H and O–H groups in total. The van der Waals surface area contributed by atoms with Crippen molar-refractivity contribution in [2.24, 2.45) is 0 Å². The molecule has 0 atom stereocenters. The Hall–Kier alpha value is -6.25. The molecule has 0 saturated heterocycles. The minimum absolute atomic E-state index is 0.353. The number of rotatable bonds is 7. The Morgan fingerprint density at radius 2 is 1.15 bits per heavy atom. The molecule has 52 heavy (non-hydrogen) atoms. The van der Waals surface area contributed by atoms with Gasteiger partial charge in [-0.2, -0.15) is 0 Å². The first-order valence-electron chi connectivity index (χ1n) is 18.1. The predicted molar refractivity (Wildman–Crippen MR) is 212 cm³/mol. The van der Waals surface area contributed by atoms with Crippen LogP contribution in [0.1, 0.15) is 55.0 Å². The van der Waals surface area contributed by atoms with E-state index in [4.69, 9.17) is 26.5 Å². The maximum absolute atomic E-state index is 7.50. The number of hydrogen-bond donors (Lipinski definition) is 0. The van der Waals surface area contributed by atoms with Gasteiger partial charge < -0.3 is 0 Å². The van der Waals surface area contributed by atoms with Crippen LogP contribution in [-0.2, 0) is 0 Å². The third-order valence-corrected chi connectivity index (χ3v) is 10.0. The van der Waals surface area contributed by atoms with Crippen LogP contribution in [0.5, 0.6) is 0 Å². The van der Waals surface area contributed by atoms with Gasteiger partial charge in [0.15, 0.2) is 17.3 Å². The number of hydrogen-bond acceptors (Lipinski definition) is 4. The topological polar surface area (TPSA) is 55.9 Å². The van der Waals surface area contributed by atoms with E-state index < -0.39 is 0 Å². The van der Waals surface area contributed by atoms with Gasteiger partial charge in [0.1, 0.15) is 5.82 Å². The zero-order valence-electron chi connectivity index (χ0n) is 29.6. The zero-order chi connectivity index (χ0) is 35.4. The number of aromatic nitrogens is 4. The van der Waals surface area contributed by atoms with Gasteiger partial charge in [0.05, 0.1) is 12.3 Å². The van der Waals surface area contributed by atoms with E-state index in [0.29, 0.717) is 23.3 Å². The molecule has 2 aromatic heterocycles. The Morgan fingerprint density at radius 3 is 1.85 bits per heavy atom. The molecule has 5 heteroatoms. The van der Waals surface area contributed by atoms with Crippen molar-refractivity contribution in [3.8, 4) is 67.4 Å². The lowest BCUT2D eigenvalue weighted by molar-refractivity contribution is 0.428. The zero-order valence-corrected chi connectivity index (χ0v) is 29.6. The van der Waals surface area contributed by atoms with Crippen molar-refractivity contribution in [2.45, 2.75) is 51.9 Å². The van der Waals surface area contributed by atoms with Gasteiger partial charge in [0.2, 0.25) is 0 Å². The minimum atomic E-state index is 0.353. The molecule has 2 heterocycles. The number of pyridine rings is 1. The summed E-state index contributed by atoms with van der Waals surface area (Å²) in [5.41, 5.74) is 13.6. The van der Waals surface area contributed by atoms with Crippen LogP contribution in [0.3, 0.4) is 0 Å². The summed E-state index contributed by atoms with van der Waals surface area (Å²) in [6.45, 7) is 11.8. The smallest absolute Gasteiger partial charge is 0.187 e. The Balaban J connectivity index is 1.20. The third-order valence-electron chi connectivity index (χ3n) is 10.0. The van der Waals surface area contributed by atoms with Crippen molar-refractivity contribution < 1.29 is 0 Å². The van der Waals surface area contributed by atoms with Crippen LogP contribution in [0, 0.1) is 20.4 Å². The summed E-state index contributed by atoms with van der Waals surface area (Å²) in [5, 5.41) is 0. The molecule has 5 aromatic carbocycles. The molecule has 8 rings (SSSR count). The van der Waals surface area contributed by atoms with Crippen molar-refractivity contribution in [3.63, 3.8) is 0 Å². The van der Waals surface area contributed by atoms with Crippen LogP contribution in [0.2, 0.25) is 0 Å². The fraction of sp³-hybridized carbons (Fsp3) is 0.170. The fourth-order valence-corrected chi connectivity index (χ4v) is 7.47. The first-order valence-corrected chi connectivity index (χ1v) is 18.1. The second-order valence-electron chi connectivity index (χ2n) is 13.8. The molecule has 0 bridgehead atoms. The lowest BCUT2D eigenvalue weighted by atomic mass is 9.87. The van der Waals surface area contributed by atoms with E-state index in [1.54, 1.807) is 0 Å². The molecule has 1 fully saturated rings. The maximum Gasteiger partial charge on any atom is 0.187 e. The van der Waals surface area contributed by atoms with Crippen LogP contribution in [0.4, 0.5) is 5.69 Å². The second-order valence-corrected chi connectivity index (χ2v) is 13.8. The summed E-state index contributed by atoms with van der Waals surface area (Å²) in [6, 6.07) is 44.1. The molecule has 252 valence electrons. The standard InChI is InChI=1S/C47H39N5/c1-31-26-32(2)28-38(27-31)40-16-10-11-17-41(40)42-24-20-36(29-43(42)33-18-22-39(48-3)23-19-33)44-25-21-37(30-49-44)47-51-45(34-12-6-4-7-13-34)50-46(52-47)35-14-8-5-9-15-35/h4,6-7,10-13,16-30,35H,5,8-9,14-15H2,1-2H3. The van der Waals surface area contributed by atoms with E-state index in [1.807, 2.05) is 48.7 Å². The highest BCUT2D eigenvalue weighted by atomic mass is 15.0. The molecule has 0 radical (unpaired) electrons. The van der Waals surface area contributed by atoms with Crippen molar-refractivity contribution in [1.82, 2.24) is 19.9 Å². The van der Waals surface area contributed by atoms with Crippen molar-refractivity contribution in [2.75, 3.05) is 0 Å². The first-order chi connectivity index (χ1) is 25.5. The highest BCUT2D eigenvalue weighted by Gasteiger charge is 2.21. The predicted octanol–water partition coefficient (Wildman–Crippen LogP) is 12.5. The number of benzene rings is 5. The summed E-state index contributed by atoms with van der Waals surface area (Å²) >= 11 is 0. The summed E-state index contributed by atoms with van der Waals surface area (Å²) in [6.07, 6.45) is 7.82. The van der Waals surface area contributed by atoms with Gasteiger partial charge in [-0.05, 0) is 78.3 Å². The van der Waals surface area contributed by atoms with Crippen molar-refractivity contribution in [1.29, 1.82) is 0 Å². The van der Waals surface area contributed by atoms with Gasteiger partial charge in [0, 0.05) is 28.8 Å². The SMILES string of the molecule is [C-]#[N+]c1ccc(-c2cc(-c3ccc(-c4nc(-c5ccccc5)nc(C5CCCCC5)n4)cn3)ccc2-c2ccccc2-c2cc(C)cc(C)c2)cc1. The maximum atomic E-state index is 7.50. The van der Waals surface area contributed by atoms with Crippen LogP contribution in [0.25, 0.3) is 72.3 Å². The average molecular weight is 674 g/mol.